The van der Waals surface area contributed by atoms with E-state index >= 15 is 0 Å². The van der Waals surface area contributed by atoms with Gasteiger partial charge in [0, 0.05) is 37.1 Å². The predicted molar refractivity (Wildman–Crippen MR) is 129 cm³/mol. The smallest absolute Gasteiger partial charge is 0.227 e. The van der Waals surface area contributed by atoms with Crippen molar-refractivity contribution in [2.45, 2.75) is 6.92 Å². The minimum absolute atomic E-state index is 0.00771. The lowest BCUT2D eigenvalue weighted by Gasteiger charge is -2.08. The fraction of sp³-hybridized carbons (Fsp3) is 0.167. The van der Waals surface area contributed by atoms with Crippen molar-refractivity contribution in [3.8, 4) is 27.6 Å². The Labute approximate surface area is 190 Å². The van der Waals surface area contributed by atoms with Crippen LogP contribution in [0, 0.1) is 0 Å². The molecule has 0 spiro atoms. The first-order valence-corrected chi connectivity index (χ1v) is 10.8. The first-order valence-electron chi connectivity index (χ1n) is 9.98. The van der Waals surface area contributed by atoms with Gasteiger partial charge in [0.1, 0.15) is 5.75 Å². The van der Waals surface area contributed by atoms with E-state index in [0.29, 0.717) is 11.5 Å². The van der Waals surface area contributed by atoms with Gasteiger partial charge in [-0.05, 0) is 49.4 Å². The highest BCUT2D eigenvalue weighted by atomic mass is 32.1. The number of methoxy groups -OCH3 is 1. The summed E-state index contributed by atoms with van der Waals surface area (Å²) in [5.74, 6) is 1.25. The van der Waals surface area contributed by atoms with E-state index in [1.165, 1.54) is 0 Å². The molecule has 2 heterocycles. The maximum absolute atomic E-state index is 11.7. The van der Waals surface area contributed by atoms with Crippen molar-refractivity contribution < 1.29 is 9.53 Å². The van der Waals surface area contributed by atoms with E-state index in [9.17, 15) is 4.79 Å². The van der Waals surface area contributed by atoms with Crippen molar-refractivity contribution in [1.29, 1.82) is 0 Å². The molecule has 2 aromatic heterocycles. The summed E-state index contributed by atoms with van der Waals surface area (Å²) < 4.78 is 5.28. The zero-order chi connectivity index (χ0) is 22.7. The number of ketones is 1. The third-order valence-corrected chi connectivity index (χ3v) is 6.02. The molecular formula is C24H23N5O2S. The van der Waals surface area contributed by atoms with Gasteiger partial charge in [-0.1, -0.05) is 23.5 Å². The Hall–Kier alpha value is -3.78. The summed E-state index contributed by atoms with van der Waals surface area (Å²) >= 11 is 1.57. The first kappa shape index (κ1) is 21.5. The summed E-state index contributed by atoms with van der Waals surface area (Å²) in [6, 6.07) is 17.0. The molecule has 2 aromatic carbocycles. The highest BCUT2D eigenvalue weighted by Gasteiger charge is 2.18. The second kappa shape index (κ2) is 9.15. The quantitative estimate of drug-likeness (QED) is 0.387. The number of carbonyl (C=O) groups excluding carboxylic acids is 1. The van der Waals surface area contributed by atoms with E-state index < -0.39 is 0 Å². The van der Waals surface area contributed by atoms with Crippen LogP contribution in [0.5, 0.6) is 5.75 Å². The summed E-state index contributed by atoms with van der Waals surface area (Å²) in [5, 5.41) is 4.08. The van der Waals surface area contributed by atoms with Gasteiger partial charge in [-0.15, -0.1) is 0 Å². The van der Waals surface area contributed by atoms with Gasteiger partial charge in [0.2, 0.25) is 5.95 Å². The lowest BCUT2D eigenvalue weighted by atomic mass is 10.1. The van der Waals surface area contributed by atoms with Crippen molar-refractivity contribution in [2.75, 3.05) is 31.4 Å². The van der Waals surface area contributed by atoms with Gasteiger partial charge in [-0.25, -0.2) is 15.0 Å². The molecule has 0 bridgehead atoms. The molecule has 0 aliphatic heterocycles. The SMILES string of the molecule is COc1ccc(-c2nc(N(C)C)sc2-c2ccnc(Nc3cccc(C(C)=O)c3)n2)cc1. The summed E-state index contributed by atoms with van der Waals surface area (Å²) in [4.78, 5) is 28.5. The standard InChI is InChI=1S/C24H23N5O2S/c1-15(30)17-6-5-7-18(14-17)26-23-25-13-12-20(27-23)22-21(28-24(32-22)29(2)3)16-8-10-19(31-4)11-9-16/h5-14H,1-4H3,(H,25,26,27). The monoisotopic (exact) mass is 445 g/mol. The van der Waals surface area contributed by atoms with E-state index in [-0.39, 0.29) is 5.78 Å². The van der Waals surface area contributed by atoms with Crippen LogP contribution in [0.2, 0.25) is 0 Å². The number of ether oxygens (including phenoxy) is 1. The lowest BCUT2D eigenvalue weighted by molar-refractivity contribution is 0.101. The number of hydrogen-bond donors (Lipinski definition) is 1. The van der Waals surface area contributed by atoms with Gasteiger partial charge in [0.05, 0.1) is 23.4 Å². The van der Waals surface area contributed by atoms with Crippen LogP contribution in [0.4, 0.5) is 16.8 Å². The van der Waals surface area contributed by atoms with E-state index in [0.717, 1.165) is 38.4 Å². The fourth-order valence-corrected chi connectivity index (χ4v) is 4.09. The van der Waals surface area contributed by atoms with Gasteiger partial charge in [0.15, 0.2) is 10.9 Å². The predicted octanol–water partition coefficient (Wildman–Crippen LogP) is 5.29. The molecule has 32 heavy (non-hydrogen) atoms. The van der Waals surface area contributed by atoms with E-state index in [1.54, 1.807) is 43.7 Å². The topological polar surface area (TPSA) is 80.2 Å². The minimum atomic E-state index is 0.00771. The molecule has 0 amide bonds. The van der Waals surface area contributed by atoms with E-state index in [1.807, 2.05) is 61.5 Å². The van der Waals surface area contributed by atoms with Crippen molar-refractivity contribution in [3.05, 3.63) is 66.4 Å². The normalized spacial score (nSPS) is 10.6. The lowest BCUT2D eigenvalue weighted by Crippen LogP contribution is -2.07. The van der Waals surface area contributed by atoms with Gasteiger partial charge in [-0.2, -0.15) is 0 Å². The Bertz CT molecular complexity index is 1250. The zero-order valence-corrected chi connectivity index (χ0v) is 19.1. The molecule has 1 N–H and O–H groups in total. The third kappa shape index (κ3) is 4.60. The molecule has 0 aliphatic carbocycles. The molecule has 4 aromatic rings. The molecule has 0 saturated carbocycles. The van der Waals surface area contributed by atoms with Crippen molar-refractivity contribution in [2.24, 2.45) is 0 Å². The molecule has 162 valence electrons. The average molecular weight is 446 g/mol. The second-order valence-corrected chi connectivity index (χ2v) is 8.30. The molecular weight excluding hydrogens is 422 g/mol. The Morgan fingerprint density at radius 2 is 1.84 bits per heavy atom. The third-order valence-electron chi connectivity index (χ3n) is 4.78. The minimum Gasteiger partial charge on any atom is -0.497 e. The number of hydrogen-bond acceptors (Lipinski definition) is 8. The Balaban J connectivity index is 1.72. The Morgan fingerprint density at radius 3 is 2.53 bits per heavy atom. The van der Waals surface area contributed by atoms with E-state index in [2.05, 4.69) is 10.3 Å². The Kier molecular flexibility index (Phi) is 6.13. The second-order valence-electron chi connectivity index (χ2n) is 7.32. The number of nitrogens with one attached hydrogen (secondary N) is 1. The maximum Gasteiger partial charge on any atom is 0.227 e. The summed E-state index contributed by atoms with van der Waals surface area (Å²) in [5.41, 5.74) is 3.98. The highest BCUT2D eigenvalue weighted by molar-refractivity contribution is 7.19. The highest BCUT2D eigenvalue weighted by Crippen LogP contribution is 2.39. The van der Waals surface area contributed by atoms with Crippen molar-refractivity contribution in [3.63, 3.8) is 0 Å². The van der Waals surface area contributed by atoms with Crippen molar-refractivity contribution in [1.82, 2.24) is 15.0 Å². The summed E-state index contributed by atoms with van der Waals surface area (Å²) in [7, 11) is 5.58. The van der Waals surface area contributed by atoms with Crippen LogP contribution in [-0.2, 0) is 0 Å². The van der Waals surface area contributed by atoms with Crippen LogP contribution in [-0.4, -0.2) is 41.9 Å². The molecule has 0 saturated heterocycles. The molecule has 8 heteroatoms. The molecule has 0 unspecified atom stereocenters. The molecule has 7 nitrogen and oxygen atoms in total. The summed E-state index contributed by atoms with van der Waals surface area (Å²) in [6.07, 6.45) is 1.71. The van der Waals surface area contributed by atoms with E-state index in [4.69, 9.17) is 14.7 Å². The number of aromatic nitrogens is 3. The van der Waals surface area contributed by atoms with Gasteiger partial charge >= 0.3 is 0 Å². The molecule has 4 rings (SSSR count). The number of nitrogens with zero attached hydrogens (tertiary/aromatic N) is 4. The van der Waals surface area contributed by atoms with Gasteiger partial charge < -0.3 is 15.0 Å². The van der Waals surface area contributed by atoms with Crippen molar-refractivity contribution >= 4 is 33.9 Å². The Morgan fingerprint density at radius 1 is 1.06 bits per heavy atom. The molecule has 0 aliphatic rings. The number of anilines is 3. The van der Waals surface area contributed by atoms with Crippen LogP contribution < -0.4 is 15.0 Å². The first-order chi connectivity index (χ1) is 15.4. The zero-order valence-electron chi connectivity index (χ0n) is 18.3. The van der Waals surface area contributed by atoms with Crippen LogP contribution >= 0.6 is 11.3 Å². The number of rotatable bonds is 7. The van der Waals surface area contributed by atoms with Crippen LogP contribution in [0.3, 0.4) is 0 Å². The van der Waals surface area contributed by atoms with Crippen LogP contribution in [0.25, 0.3) is 21.8 Å². The number of carbonyl (C=O) groups is 1. The average Bonchev–Trinajstić information content (AvgIpc) is 3.25. The fourth-order valence-electron chi connectivity index (χ4n) is 3.11. The summed E-state index contributed by atoms with van der Waals surface area (Å²) in [6.45, 7) is 1.54. The number of Topliss-reactive ketones (excluding diaryl/α,β-unsaturated/α-hetero) is 1. The molecule has 0 radical (unpaired) electrons. The number of benzene rings is 2. The largest absolute Gasteiger partial charge is 0.497 e. The van der Waals surface area contributed by atoms with Crippen LogP contribution in [0.15, 0.2) is 60.8 Å². The van der Waals surface area contributed by atoms with Crippen LogP contribution in [0.1, 0.15) is 17.3 Å². The maximum atomic E-state index is 11.7. The molecule has 0 atom stereocenters. The number of thiazole rings is 1. The van der Waals surface area contributed by atoms with Gasteiger partial charge in [-0.3, -0.25) is 4.79 Å². The molecule has 0 fully saturated rings. The van der Waals surface area contributed by atoms with Gasteiger partial charge in [0.25, 0.3) is 0 Å².